The molecule has 0 aromatic heterocycles. The zero-order chi connectivity index (χ0) is 16.2. The van der Waals surface area contributed by atoms with Gasteiger partial charge in [0.15, 0.2) is 5.57 Å². The number of ether oxygens (including phenoxy) is 1. The molecule has 0 unspecified atom stereocenters. The van der Waals surface area contributed by atoms with Gasteiger partial charge in [0.2, 0.25) is 0 Å². The molecule has 21 heavy (non-hydrogen) atoms. The van der Waals surface area contributed by atoms with E-state index in [1.807, 2.05) is 0 Å². The number of carboxylic acids is 1. The number of aromatic carboxylic acids is 1. The van der Waals surface area contributed by atoms with Crippen LogP contribution in [-0.4, -0.2) is 24.2 Å². The van der Waals surface area contributed by atoms with Gasteiger partial charge in [0.1, 0.15) is 11.6 Å². The van der Waals surface area contributed by atoms with E-state index >= 15 is 0 Å². The minimum absolute atomic E-state index is 0.0501. The number of esters is 1. The van der Waals surface area contributed by atoms with E-state index in [1.165, 1.54) is 6.07 Å². The lowest BCUT2D eigenvalue weighted by molar-refractivity contribution is -0.135. The molecule has 1 aromatic carbocycles. The van der Waals surface area contributed by atoms with E-state index in [1.54, 1.807) is 6.07 Å². The first-order valence-electron chi connectivity index (χ1n) is 5.19. The molecule has 0 saturated heterocycles. The maximum Gasteiger partial charge on any atom is 0.350 e. The molecule has 0 aliphatic rings. The van der Waals surface area contributed by atoms with E-state index < -0.39 is 17.5 Å². The number of carbonyl (C=O) groups excluding carboxylic acids is 1. The zero-order valence-electron chi connectivity index (χ0n) is 10.4. The van der Waals surface area contributed by atoms with Crippen LogP contribution in [0.1, 0.15) is 10.4 Å². The van der Waals surface area contributed by atoms with E-state index in [2.05, 4.69) is 10.1 Å². The molecule has 2 N–H and O–H groups in total. The number of methoxy groups -OCH3 is 1. The van der Waals surface area contributed by atoms with Gasteiger partial charge in [0.25, 0.3) is 0 Å². The first kappa shape index (κ1) is 17.1. The van der Waals surface area contributed by atoms with Gasteiger partial charge in [-0.25, -0.2) is 9.59 Å². The Morgan fingerprint density at radius 2 is 2.00 bits per heavy atom. The first-order valence-corrected chi connectivity index (χ1v) is 6.32. The average Bonchev–Trinajstić information content (AvgIpc) is 2.44. The van der Waals surface area contributed by atoms with Crippen LogP contribution in [0.2, 0.25) is 15.1 Å². The van der Waals surface area contributed by atoms with Crippen LogP contribution in [0.5, 0.6) is 0 Å². The molecule has 0 saturated carbocycles. The van der Waals surface area contributed by atoms with Crippen LogP contribution in [0.3, 0.4) is 0 Å². The van der Waals surface area contributed by atoms with Crippen LogP contribution in [-0.2, 0) is 9.53 Å². The smallest absolute Gasteiger partial charge is 0.350 e. The van der Waals surface area contributed by atoms with Crippen molar-refractivity contribution in [3.63, 3.8) is 0 Å². The van der Waals surface area contributed by atoms with Gasteiger partial charge in [-0.3, -0.25) is 0 Å². The monoisotopic (exact) mass is 348 g/mol. The standard InChI is InChI=1S/C12H7Cl3N2O4/c1-21-12(20)5(3-16)4-17-7-2-6(13)9(14)8(10(7)15)11(18)19/h2,4,17H,1H3,(H,18,19). The molecule has 0 bridgehead atoms. The zero-order valence-corrected chi connectivity index (χ0v) is 12.7. The molecule has 1 aromatic rings. The predicted molar refractivity (Wildman–Crippen MR) is 77.8 cm³/mol. The van der Waals surface area contributed by atoms with Crippen molar-refractivity contribution in [2.75, 3.05) is 12.4 Å². The molecule has 0 heterocycles. The van der Waals surface area contributed by atoms with Gasteiger partial charge in [-0.15, -0.1) is 0 Å². The van der Waals surface area contributed by atoms with Crippen LogP contribution in [0.25, 0.3) is 0 Å². The van der Waals surface area contributed by atoms with Crippen molar-refractivity contribution in [1.29, 1.82) is 5.26 Å². The van der Waals surface area contributed by atoms with Crippen molar-refractivity contribution in [3.8, 4) is 6.07 Å². The number of carboxylic acid groups (broad SMARTS) is 1. The Bertz CT molecular complexity index is 680. The Labute approximate surface area is 134 Å². The van der Waals surface area contributed by atoms with Gasteiger partial charge in [-0.2, -0.15) is 5.26 Å². The summed E-state index contributed by atoms with van der Waals surface area (Å²) in [6.45, 7) is 0. The fourth-order valence-electron chi connectivity index (χ4n) is 1.29. The highest BCUT2D eigenvalue weighted by atomic mass is 35.5. The number of nitrogens with one attached hydrogen (secondary N) is 1. The average molecular weight is 350 g/mol. The summed E-state index contributed by atoms with van der Waals surface area (Å²) in [6, 6.07) is 2.88. The topological polar surface area (TPSA) is 99.4 Å². The first-order chi connectivity index (χ1) is 9.83. The number of hydrogen-bond acceptors (Lipinski definition) is 5. The number of hydrogen-bond donors (Lipinski definition) is 2. The molecule has 0 amide bonds. The summed E-state index contributed by atoms with van der Waals surface area (Å²) in [5.41, 5.74) is -0.657. The second kappa shape index (κ2) is 7.18. The summed E-state index contributed by atoms with van der Waals surface area (Å²) in [7, 11) is 1.11. The third-order valence-corrected chi connectivity index (χ3v) is 3.45. The number of nitriles is 1. The summed E-state index contributed by atoms with van der Waals surface area (Å²) < 4.78 is 4.38. The number of carbonyl (C=O) groups is 2. The maximum absolute atomic E-state index is 11.2. The molecule has 0 atom stereocenters. The van der Waals surface area contributed by atoms with Gasteiger partial charge in [0, 0.05) is 6.20 Å². The maximum atomic E-state index is 11.2. The van der Waals surface area contributed by atoms with Crippen LogP contribution < -0.4 is 5.32 Å². The Morgan fingerprint density at radius 1 is 1.38 bits per heavy atom. The molecular weight excluding hydrogens is 343 g/mol. The number of anilines is 1. The molecule has 0 radical (unpaired) electrons. The highest BCUT2D eigenvalue weighted by Gasteiger charge is 2.20. The highest BCUT2D eigenvalue weighted by molar-refractivity contribution is 6.47. The SMILES string of the molecule is COC(=O)C(C#N)=CNc1cc(Cl)c(Cl)c(C(=O)O)c1Cl. The number of rotatable bonds is 4. The fourth-order valence-corrected chi connectivity index (χ4v) is 2.06. The highest BCUT2D eigenvalue weighted by Crippen LogP contribution is 2.37. The predicted octanol–water partition coefficient (Wildman–Crippen LogP) is 3.34. The van der Waals surface area contributed by atoms with Crippen LogP contribution >= 0.6 is 34.8 Å². The number of nitrogens with zero attached hydrogens (tertiary/aromatic N) is 1. The van der Waals surface area contributed by atoms with Crippen molar-refractivity contribution in [1.82, 2.24) is 0 Å². The summed E-state index contributed by atoms with van der Waals surface area (Å²) in [4.78, 5) is 22.3. The molecule has 6 nitrogen and oxygen atoms in total. The van der Waals surface area contributed by atoms with Crippen LogP contribution in [0.4, 0.5) is 5.69 Å². The van der Waals surface area contributed by atoms with Gasteiger partial charge in [0.05, 0.1) is 27.9 Å². The van der Waals surface area contributed by atoms with Crippen molar-refractivity contribution in [2.24, 2.45) is 0 Å². The summed E-state index contributed by atoms with van der Waals surface area (Å²) in [5.74, 6) is -2.23. The minimum Gasteiger partial charge on any atom is -0.478 e. The normalized spacial score (nSPS) is 10.7. The Hall–Kier alpha value is -1.94. The van der Waals surface area contributed by atoms with Crippen molar-refractivity contribution >= 4 is 52.4 Å². The van der Waals surface area contributed by atoms with E-state index in [4.69, 9.17) is 45.2 Å². The second-order valence-electron chi connectivity index (χ2n) is 3.52. The van der Waals surface area contributed by atoms with Crippen molar-refractivity contribution in [2.45, 2.75) is 0 Å². The lowest BCUT2D eigenvalue weighted by atomic mass is 10.2. The quantitative estimate of drug-likeness (QED) is 0.374. The van der Waals surface area contributed by atoms with E-state index in [0.717, 1.165) is 13.3 Å². The van der Waals surface area contributed by atoms with Crippen LogP contribution in [0, 0.1) is 11.3 Å². The Kier molecular flexibility index (Phi) is 5.85. The third kappa shape index (κ3) is 3.79. The Morgan fingerprint density at radius 3 is 2.48 bits per heavy atom. The molecule has 0 aliphatic heterocycles. The summed E-state index contributed by atoms with van der Waals surface area (Å²) in [6.07, 6.45) is 1.02. The van der Waals surface area contributed by atoms with Gasteiger partial charge < -0.3 is 15.2 Å². The molecule has 0 fully saturated rings. The molecule has 9 heteroatoms. The fraction of sp³-hybridized carbons (Fsp3) is 0.0833. The molecular formula is C12H7Cl3N2O4. The van der Waals surface area contributed by atoms with Crippen LogP contribution in [0.15, 0.2) is 17.8 Å². The lowest BCUT2D eigenvalue weighted by Gasteiger charge is -2.10. The second-order valence-corrected chi connectivity index (χ2v) is 4.68. The molecule has 0 spiro atoms. The molecule has 1 rings (SSSR count). The van der Waals surface area contributed by atoms with Crippen molar-refractivity contribution in [3.05, 3.63) is 38.5 Å². The van der Waals surface area contributed by atoms with E-state index in [9.17, 15) is 9.59 Å². The summed E-state index contributed by atoms with van der Waals surface area (Å²) in [5, 5.41) is 19.9. The van der Waals surface area contributed by atoms with Gasteiger partial charge in [-0.05, 0) is 6.07 Å². The number of benzene rings is 1. The third-order valence-electron chi connectivity index (χ3n) is 2.27. The van der Waals surface area contributed by atoms with Gasteiger partial charge in [-0.1, -0.05) is 34.8 Å². The summed E-state index contributed by atoms with van der Waals surface area (Å²) >= 11 is 17.5. The minimum atomic E-state index is -1.37. The van der Waals surface area contributed by atoms with E-state index in [0.29, 0.717) is 0 Å². The van der Waals surface area contributed by atoms with E-state index in [-0.39, 0.29) is 26.3 Å². The molecule has 0 aliphatic carbocycles. The Balaban J connectivity index is 3.28. The van der Waals surface area contributed by atoms with Gasteiger partial charge >= 0.3 is 11.9 Å². The lowest BCUT2D eigenvalue weighted by Crippen LogP contribution is -2.06. The largest absolute Gasteiger partial charge is 0.478 e. The molecule has 110 valence electrons. The number of halogens is 3. The van der Waals surface area contributed by atoms with Crippen molar-refractivity contribution < 1.29 is 19.4 Å².